The minimum atomic E-state index is -3.44. The number of nitrogens with zero attached hydrogens (tertiary/aromatic N) is 3. The van der Waals surface area contributed by atoms with Crippen LogP contribution in [-0.4, -0.2) is 36.8 Å². The molecule has 0 spiro atoms. The van der Waals surface area contributed by atoms with E-state index in [1.54, 1.807) is 17.0 Å². The summed E-state index contributed by atoms with van der Waals surface area (Å²) >= 11 is 1.27. The molecule has 0 saturated heterocycles. The van der Waals surface area contributed by atoms with Crippen LogP contribution in [0.4, 0.5) is 0 Å². The molecule has 7 nitrogen and oxygen atoms in total. The fourth-order valence-electron chi connectivity index (χ4n) is 1.67. The van der Waals surface area contributed by atoms with Crippen molar-refractivity contribution in [2.45, 2.75) is 17.2 Å². The second kappa shape index (κ2) is 6.44. The summed E-state index contributed by atoms with van der Waals surface area (Å²) in [4.78, 5) is 0.987. The van der Waals surface area contributed by atoms with E-state index in [0.717, 1.165) is 10.7 Å². The van der Waals surface area contributed by atoms with Crippen LogP contribution in [0.5, 0.6) is 0 Å². The van der Waals surface area contributed by atoms with E-state index < -0.39 is 10.0 Å². The first-order chi connectivity index (χ1) is 9.53. The highest BCUT2D eigenvalue weighted by Crippen LogP contribution is 2.21. The molecule has 0 aliphatic carbocycles. The average molecular weight is 315 g/mol. The minimum Gasteiger partial charge on any atom is -0.321 e. The summed E-state index contributed by atoms with van der Waals surface area (Å²) < 4.78 is 28.9. The molecule has 0 amide bonds. The third-order valence-corrected chi connectivity index (χ3v) is 5.74. The average Bonchev–Trinajstić information content (AvgIpc) is 3.00. The number of nitrogens with one attached hydrogen (secondary N) is 2. The summed E-state index contributed by atoms with van der Waals surface area (Å²) in [5, 5.41) is 10.7. The maximum Gasteiger partial charge on any atom is 0.250 e. The lowest BCUT2D eigenvalue weighted by Gasteiger charge is -2.04. The zero-order valence-electron chi connectivity index (χ0n) is 11.3. The van der Waals surface area contributed by atoms with E-state index in [0.29, 0.717) is 23.7 Å². The van der Waals surface area contributed by atoms with Gasteiger partial charge in [0.25, 0.3) is 0 Å². The first kappa shape index (κ1) is 15.1. The molecule has 20 heavy (non-hydrogen) atoms. The van der Waals surface area contributed by atoms with Crippen molar-refractivity contribution in [1.82, 2.24) is 24.8 Å². The smallest absolute Gasteiger partial charge is 0.250 e. The Kier molecular flexibility index (Phi) is 4.86. The highest BCUT2D eigenvalue weighted by molar-refractivity contribution is 7.91. The van der Waals surface area contributed by atoms with Crippen molar-refractivity contribution in [2.75, 3.05) is 13.6 Å². The zero-order chi connectivity index (χ0) is 14.6. The van der Waals surface area contributed by atoms with Crippen molar-refractivity contribution in [1.29, 1.82) is 0 Å². The Hall–Kier alpha value is -1.29. The van der Waals surface area contributed by atoms with Gasteiger partial charge in [-0.25, -0.2) is 13.1 Å². The lowest BCUT2D eigenvalue weighted by Crippen LogP contribution is -2.26. The number of aromatic nitrogens is 3. The molecule has 0 aliphatic heterocycles. The maximum absolute atomic E-state index is 12.1. The normalized spacial score (nSPS) is 11.9. The Labute approximate surface area is 122 Å². The second-order valence-electron chi connectivity index (χ2n) is 4.26. The van der Waals surface area contributed by atoms with Crippen LogP contribution in [0.25, 0.3) is 0 Å². The van der Waals surface area contributed by atoms with Gasteiger partial charge in [0.1, 0.15) is 16.4 Å². The molecule has 0 saturated carbocycles. The van der Waals surface area contributed by atoms with E-state index in [4.69, 9.17) is 0 Å². The molecule has 0 atom stereocenters. The number of sulfonamides is 1. The fourth-order valence-corrected chi connectivity index (χ4v) is 4.12. The van der Waals surface area contributed by atoms with Crippen molar-refractivity contribution in [3.8, 4) is 0 Å². The van der Waals surface area contributed by atoms with E-state index >= 15 is 0 Å². The Morgan fingerprint density at radius 2 is 2.20 bits per heavy atom. The molecular formula is C11H17N5O2S2. The van der Waals surface area contributed by atoms with E-state index in [1.807, 2.05) is 20.2 Å². The van der Waals surface area contributed by atoms with Crippen LogP contribution in [0.2, 0.25) is 0 Å². The van der Waals surface area contributed by atoms with E-state index in [1.165, 1.54) is 11.3 Å². The summed E-state index contributed by atoms with van der Waals surface area (Å²) in [5.41, 5.74) is 0. The predicted molar refractivity (Wildman–Crippen MR) is 77.0 cm³/mol. The van der Waals surface area contributed by atoms with Gasteiger partial charge in [0, 0.05) is 31.4 Å². The van der Waals surface area contributed by atoms with Crippen LogP contribution < -0.4 is 10.0 Å². The molecule has 2 N–H and O–H groups in total. The Bertz CT molecular complexity index is 662. The molecule has 0 bridgehead atoms. The summed E-state index contributed by atoms with van der Waals surface area (Å²) in [6.07, 6.45) is 2.09. The summed E-state index contributed by atoms with van der Waals surface area (Å²) in [6.45, 7) is 0.966. The lowest BCUT2D eigenvalue weighted by molar-refractivity contribution is 0.582. The molecule has 0 radical (unpaired) electrons. The highest BCUT2D eigenvalue weighted by atomic mass is 32.2. The van der Waals surface area contributed by atoms with Crippen LogP contribution in [-0.2, 0) is 30.0 Å². The number of hydrogen-bond donors (Lipinski definition) is 2. The van der Waals surface area contributed by atoms with Gasteiger partial charge in [-0.2, -0.15) is 0 Å². The van der Waals surface area contributed by atoms with Gasteiger partial charge in [-0.15, -0.1) is 21.5 Å². The highest BCUT2D eigenvalue weighted by Gasteiger charge is 2.16. The first-order valence-corrected chi connectivity index (χ1v) is 8.39. The Morgan fingerprint density at radius 1 is 1.40 bits per heavy atom. The first-order valence-electron chi connectivity index (χ1n) is 6.09. The topological polar surface area (TPSA) is 88.9 Å². The summed E-state index contributed by atoms with van der Waals surface area (Å²) in [7, 11) is 0.212. The third-order valence-electron chi connectivity index (χ3n) is 2.70. The minimum absolute atomic E-state index is 0.300. The predicted octanol–water partition coefficient (Wildman–Crippen LogP) is 0.117. The van der Waals surface area contributed by atoms with Crippen LogP contribution in [0.1, 0.15) is 10.7 Å². The van der Waals surface area contributed by atoms with Gasteiger partial charge < -0.3 is 9.88 Å². The van der Waals surface area contributed by atoms with E-state index in [-0.39, 0.29) is 0 Å². The molecular weight excluding hydrogens is 298 g/mol. The second-order valence-corrected chi connectivity index (χ2v) is 7.42. The largest absolute Gasteiger partial charge is 0.321 e. The molecule has 0 unspecified atom stereocenters. The SMILES string of the molecule is CNCc1ccc(S(=O)(=O)NCCc2nncn2C)s1. The van der Waals surface area contributed by atoms with E-state index in [2.05, 4.69) is 20.2 Å². The number of hydrogen-bond acceptors (Lipinski definition) is 6. The van der Waals surface area contributed by atoms with Crippen LogP contribution in [0.15, 0.2) is 22.7 Å². The Morgan fingerprint density at radius 3 is 2.85 bits per heavy atom. The molecule has 2 aromatic rings. The number of aryl methyl sites for hydroxylation is 1. The van der Waals surface area contributed by atoms with Crippen molar-refractivity contribution in [3.05, 3.63) is 29.2 Å². The number of thiophene rings is 1. The van der Waals surface area contributed by atoms with Crippen molar-refractivity contribution in [2.24, 2.45) is 7.05 Å². The molecule has 2 heterocycles. The van der Waals surface area contributed by atoms with Gasteiger partial charge in [-0.05, 0) is 19.2 Å². The van der Waals surface area contributed by atoms with E-state index in [9.17, 15) is 8.42 Å². The summed E-state index contributed by atoms with van der Waals surface area (Å²) in [6, 6.07) is 3.44. The zero-order valence-corrected chi connectivity index (χ0v) is 13.0. The monoisotopic (exact) mass is 315 g/mol. The van der Waals surface area contributed by atoms with Gasteiger partial charge in [0.05, 0.1) is 0 Å². The molecule has 2 aromatic heterocycles. The number of rotatable bonds is 7. The quantitative estimate of drug-likeness (QED) is 0.757. The molecule has 110 valence electrons. The molecule has 0 aromatic carbocycles. The van der Waals surface area contributed by atoms with Gasteiger partial charge in [-0.3, -0.25) is 0 Å². The molecule has 0 fully saturated rings. The van der Waals surface area contributed by atoms with Gasteiger partial charge in [-0.1, -0.05) is 0 Å². The van der Waals surface area contributed by atoms with Gasteiger partial charge >= 0.3 is 0 Å². The van der Waals surface area contributed by atoms with Gasteiger partial charge in [0.15, 0.2) is 0 Å². The van der Waals surface area contributed by atoms with Crippen LogP contribution in [0, 0.1) is 0 Å². The van der Waals surface area contributed by atoms with Crippen LogP contribution >= 0.6 is 11.3 Å². The fraction of sp³-hybridized carbons (Fsp3) is 0.455. The van der Waals surface area contributed by atoms with Crippen molar-refractivity contribution >= 4 is 21.4 Å². The third kappa shape index (κ3) is 3.63. The Balaban J connectivity index is 1.95. The van der Waals surface area contributed by atoms with Crippen molar-refractivity contribution in [3.63, 3.8) is 0 Å². The summed E-state index contributed by atoms with van der Waals surface area (Å²) in [5.74, 6) is 0.745. The molecule has 9 heteroatoms. The maximum atomic E-state index is 12.1. The van der Waals surface area contributed by atoms with Gasteiger partial charge in [0.2, 0.25) is 10.0 Å². The lowest BCUT2D eigenvalue weighted by atomic mass is 10.4. The van der Waals surface area contributed by atoms with Crippen molar-refractivity contribution < 1.29 is 8.42 Å². The molecule has 0 aliphatic rings. The standard InChI is InChI=1S/C11H17N5O2S2/c1-12-7-9-3-4-11(19-9)20(17,18)14-6-5-10-15-13-8-16(10)2/h3-4,8,12,14H,5-7H2,1-2H3. The molecule has 2 rings (SSSR count). The van der Waals surface area contributed by atoms with Crippen LogP contribution in [0.3, 0.4) is 0 Å².